The van der Waals surface area contributed by atoms with Gasteiger partial charge in [0.15, 0.2) is 0 Å². The summed E-state index contributed by atoms with van der Waals surface area (Å²) >= 11 is 3.32. The Bertz CT molecular complexity index is 470. The van der Waals surface area contributed by atoms with E-state index >= 15 is 0 Å². The van der Waals surface area contributed by atoms with E-state index < -0.39 is 0 Å². The summed E-state index contributed by atoms with van der Waals surface area (Å²) in [5, 5.41) is 2.76. The van der Waals surface area contributed by atoms with Crippen molar-refractivity contribution in [1.29, 1.82) is 0 Å². The summed E-state index contributed by atoms with van der Waals surface area (Å²) < 4.78 is 6.12. The maximum Gasteiger partial charge on any atom is 0.251 e. The number of hydrogen-bond acceptors (Lipinski definition) is 3. The Morgan fingerprint density at radius 3 is 2.50 bits per heavy atom. The van der Waals surface area contributed by atoms with E-state index in [-0.39, 0.29) is 11.8 Å². The van der Waals surface area contributed by atoms with Crippen LogP contribution in [0.1, 0.15) is 16.8 Å². The van der Waals surface area contributed by atoms with Crippen LogP contribution in [-0.4, -0.2) is 49.6 Å². The number of hydrogen-bond donors (Lipinski definition) is 1. The molecule has 2 rings (SSSR count). The quantitative estimate of drug-likeness (QED) is 0.901. The highest BCUT2D eigenvalue weighted by Crippen LogP contribution is 2.10. The first-order valence-electron chi connectivity index (χ1n) is 6.56. The molecule has 1 heterocycles. The van der Waals surface area contributed by atoms with Gasteiger partial charge in [-0.25, -0.2) is 0 Å². The summed E-state index contributed by atoms with van der Waals surface area (Å²) in [6.45, 7) is 2.82. The van der Waals surface area contributed by atoms with Gasteiger partial charge in [0, 0.05) is 36.1 Å². The lowest BCUT2D eigenvalue weighted by molar-refractivity contribution is -0.135. The number of halogens is 1. The summed E-state index contributed by atoms with van der Waals surface area (Å²) in [5.41, 5.74) is 0.590. The smallest absolute Gasteiger partial charge is 0.251 e. The van der Waals surface area contributed by atoms with E-state index in [4.69, 9.17) is 4.74 Å². The van der Waals surface area contributed by atoms with Crippen LogP contribution in [0.2, 0.25) is 0 Å². The third kappa shape index (κ3) is 4.31. The lowest BCUT2D eigenvalue weighted by atomic mass is 10.2. The van der Waals surface area contributed by atoms with E-state index in [1.54, 1.807) is 17.0 Å². The van der Waals surface area contributed by atoms with Crippen LogP contribution < -0.4 is 5.32 Å². The molecule has 0 bridgehead atoms. The minimum Gasteiger partial charge on any atom is -0.378 e. The summed E-state index contributed by atoms with van der Waals surface area (Å²) in [7, 11) is 0. The lowest BCUT2D eigenvalue weighted by Crippen LogP contribution is -2.42. The highest BCUT2D eigenvalue weighted by Gasteiger charge is 2.16. The Labute approximate surface area is 126 Å². The predicted molar refractivity (Wildman–Crippen MR) is 78.5 cm³/mol. The molecule has 0 radical (unpaired) electrons. The van der Waals surface area contributed by atoms with E-state index in [0.29, 0.717) is 44.8 Å². The van der Waals surface area contributed by atoms with Crippen LogP contribution in [0.4, 0.5) is 0 Å². The SMILES string of the molecule is O=C(NCCC(=O)N1CCOCC1)c1ccc(Br)cc1. The molecular formula is C14H17BrN2O3. The molecule has 6 heteroatoms. The zero-order chi connectivity index (χ0) is 14.4. The van der Waals surface area contributed by atoms with Crippen LogP contribution in [-0.2, 0) is 9.53 Å². The van der Waals surface area contributed by atoms with Crippen LogP contribution >= 0.6 is 15.9 Å². The number of nitrogens with zero attached hydrogens (tertiary/aromatic N) is 1. The molecule has 0 saturated carbocycles. The van der Waals surface area contributed by atoms with Crippen molar-refractivity contribution in [2.75, 3.05) is 32.8 Å². The average molecular weight is 341 g/mol. The van der Waals surface area contributed by atoms with Crippen molar-refractivity contribution < 1.29 is 14.3 Å². The first-order chi connectivity index (χ1) is 9.66. The Kier molecular flexibility index (Phi) is 5.55. The fourth-order valence-corrected chi connectivity index (χ4v) is 2.22. The monoisotopic (exact) mass is 340 g/mol. The van der Waals surface area contributed by atoms with Crippen LogP contribution in [0, 0.1) is 0 Å². The molecule has 20 heavy (non-hydrogen) atoms. The number of morpholine rings is 1. The van der Waals surface area contributed by atoms with Crippen molar-refractivity contribution in [3.05, 3.63) is 34.3 Å². The second-order valence-corrected chi connectivity index (χ2v) is 5.42. The molecular weight excluding hydrogens is 324 g/mol. The van der Waals surface area contributed by atoms with Crippen LogP contribution in [0.5, 0.6) is 0 Å². The third-order valence-corrected chi connectivity index (χ3v) is 3.62. The van der Waals surface area contributed by atoms with Crippen molar-refractivity contribution in [2.24, 2.45) is 0 Å². The normalized spacial score (nSPS) is 14.9. The van der Waals surface area contributed by atoms with Crippen LogP contribution in [0.3, 0.4) is 0 Å². The molecule has 5 nitrogen and oxygen atoms in total. The maximum absolute atomic E-state index is 11.9. The first-order valence-corrected chi connectivity index (χ1v) is 7.35. The zero-order valence-electron chi connectivity index (χ0n) is 11.1. The second kappa shape index (κ2) is 7.40. The fraction of sp³-hybridized carbons (Fsp3) is 0.429. The highest BCUT2D eigenvalue weighted by atomic mass is 79.9. The molecule has 0 aliphatic carbocycles. The maximum atomic E-state index is 11.9. The van der Waals surface area contributed by atoms with Crippen LogP contribution in [0.15, 0.2) is 28.7 Å². The molecule has 0 spiro atoms. The average Bonchev–Trinajstić information content (AvgIpc) is 2.48. The number of amides is 2. The molecule has 108 valence electrons. The number of benzene rings is 1. The fourth-order valence-electron chi connectivity index (χ4n) is 1.96. The van der Waals surface area contributed by atoms with E-state index in [2.05, 4.69) is 21.2 Å². The van der Waals surface area contributed by atoms with Gasteiger partial charge in [-0.3, -0.25) is 9.59 Å². The Morgan fingerprint density at radius 1 is 1.20 bits per heavy atom. The van der Waals surface area contributed by atoms with Crippen molar-refractivity contribution in [3.8, 4) is 0 Å². The molecule has 0 aromatic heterocycles. The van der Waals surface area contributed by atoms with E-state index in [0.717, 1.165) is 4.47 Å². The molecule has 1 aliphatic rings. The van der Waals surface area contributed by atoms with Gasteiger partial charge in [0.2, 0.25) is 5.91 Å². The lowest BCUT2D eigenvalue weighted by Gasteiger charge is -2.26. The van der Waals surface area contributed by atoms with Gasteiger partial charge in [-0.15, -0.1) is 0 Å². The van der Waals surface area contributed by atoms with Crippen molar-refractivity contribution in [3.63, 3.8) is 0 Å². The van der Waals surface area contributed by atoms with Gasteiger partial charge in [-0.1, -0.05) is 15.9 Å². The summed E-state index contributed by atoms with van der Waals surface area (Å²) in [5.74, 6) is -0.100. The van der Waals surface area contributed by atoms with E-state index in [1.165, 1.54) is 0 Å². The largest absolute Gasteiger partial charge is 0.378 e. The third-order valence-electron chi connectivity index (χ3n) is 3.09. The Balaban J connectivity index is 1.73. The minimum atomic E-state index is -0.160. The first kappa shape index (κ1) is 15.0. The van der Waals surface area contributed by atoms with Gasteiger partial charge in [0.1, 0.15) is 0 Å². The predicted octanol–water partition coefficient (Wildman–Crippen LogP) is 1.43. The van der Waals surface area contributed by atoms with Crippen molar-refractivity contribution in [2.45, 2.75) is 6.42 Å². The summed E-state index contributed by atoms with van der Waals surface area (Å²) in [6.07, 6.45) is 0.322. The van der Waals surface area contributed by atoms with Crippen molar-refractivity contribution >= 4 is 27.7 Å². The molecule has 1 saturated heterocycles. The molecule has 2 amide bonds. The molecule has 1 aliphatic heterocycles. The molecule has 0 unspecified atom stereocenters. The standard InChI is InChI=1S/C14H17BrN2O3/c15-12-3-1-11(2-4-12)14(19)16-6-5-13(18)17-7-9-20-10-8-17/h1-4H,5-10H2,(H,16,19). The van der Waals surface area contributed by atoms with Gasteiger partial charge in [-0.05, 0) is 24.3 Å². The number of carbonyl (C=O) groups is 2. The van der Waals surface area contributed by atoms with Crippen molar-refractivity contribution in [1.82, 2.24) is 10.2 Å². The van der Waals surface area contributed by atoms with Gasteiger partial charge in [-0.2, -0.15) is 0 Å². The number of carbonyl (C=O) groups excluding carboxylic acids is 2. The summed E-state index contributed by atoms with van der Waals surface area (Å²) in [4.78, 5) is 25.5. The van der Waals surface area contributed by atoms with Gasteiger partial charge in [0.25, 0.3) is 5.91 Å². The molecule has 1 fully saturated rings. The minimum absolute atomic E-state index is 0.0596. The van der Waals surface area contributed by atoms with Gasteiger partial charge < -0.3 is 15.0 Å². The topological polar surface area (TPSA) is 58.6 Å². The number of nitrogens with one attached hydrogen (secondary N) is 1. The highest BCUT2D eigenvalue weighted by molar-refractivity contribution is 9.10. The summed E-state index contributed by atoms with van der Waals surface area (Å²) in [6, 6.07) is 7.11. The second-order valence-electron chi connectivity index (χ2n) is 4.51. The Morgan fingerprint density at radius 2 is 1.85 bits per heavy atom. The van der Waals surface area contributed by atoms with Gasteiger partial charge in [0.05, 0.1) is 13.2 Å². The molecule has 0 atom stereocenters. The number of rotatable bonds is 4. The number of ether oxygens (including phenoxy) is 1. The Hall–Kier alpha value is -1.40. The zero-order valence-corrected chi connectivity index (χ0v) is 12.7. The molecule has 1 aromatic carbocycles. The molecule has 1 aromatic rings. The molecule has 1 N–H and O–H groups in total. The van der Waals surface area contributed by atoms with E-state index in [9.17, 15) is 9.59 Å². The van der Waals surface area contributed by atoms with Crippen LogP contribution in [0.25, 0.3) is 0 Å². The van der Waals surface area contributed by atoms with Gasteiger partial charge >= 0.3 is 0 Å². The van der Waals surface area contributed by atoms with E-state index in [1.807, 2.05) is 12.1 Å².